The van der Waals surface area contributed by atoms with Crippen LogP contribution in [0.2, 0.25) is 10.0 Å². The van der Waals surface area contributed by atoms with E-state index in [0.29, 0.717) is 12.1 Å². The second-order valence-corrected chi connectivity index (χ2v) is 8.93. The Morgan fingerprint density at radius 1 is 1.00 bits per heavy atom. The van der Waals surface area contributed by atoms with Gasteiger partial charge in [0.05, 0.1) is 27.5 Å². The maximum atomic E-state index is 15.0. The molecule has 0 unspecified atom stereocenters. The zero-order chi connectivity index (χ0) is 21.6. The van der Waals surface area contributed by atoms with Gasteiger partial charge in [0.1, 0.15) is 10.7 Å². The lowest BCUT2D eigenvalue weighted by molar-refractivity contribution is 0.598. The second-order valence-electron chi connectivity index (χ2n) is 6.65. The molecule has 0 aliphatic heterocycles. The second kappa shape index (κ2) is 7.55. The summed E-state index contributed by atoms with van der Waals surface area (Å²) in [7, 11) is -4.10. The summed E-state index contributed by atoms with van der Waals surface area (Å²) in [4.78, 5) is 12.1. The number of H-pyrrole nitrogens is 1. The summed E-state index contributed by atoms with van der Waals surface area (Å²) in [5, 5.41) is 7.58. The third-order valence-electron chi connectivity index (χ3n) is 4.68. The third kappa shape index (κ3) is 3.63. The van der Waals surface area contributed by atoms with Crippen molar-refractivity contribution in [2.24, 2.45) is 5.14 Å². The predicted molar refractivity (Wildman–Crippen MR) is 115 cm³/mol. The van der Waals surface area contributed by atoms with Crippen LogP contribution in [-0.2, 0) is 16.6 Å². The summed E-state index contributed by atoms with van der Waals surface area (Å²) < 4.78 is 39.8. The molecule has 30 heavy (non-hydrogen) atoms. The highest BCUT2D eigenvalue weighted by Gasteiger charge is 2.21. The van der Waals surface area contributed by atoms with Crippen molar-refractivity contribution in [2.75, 3.05) is 0 Å². The summed E-state index contributed by atoms with van der Waals surface area (Å²) in [6.45, 7) is 0.355. The molecule has 10 heteroatoms. The van der Waals surface area contributed by atoms with Crippen LogP contribution in [0, 0.1) is 5.82 Å². The van der Waals surface area contributed by atoms with Gasteiger partial charge in [0, 0.05) is 17.2 Å². The van der Waals surface area contributed by atoms with Gasteiger partial charge in [0.2, 0.25) is 10.0 Å². The fourth-order valence-electron chi connectivity index (χ4n) is 3.27. The summed E-state index contributed by atoms with van der Waals surface area (Å²) in [5.41, 5.74) is 1.07. The van der Waals surface area contributed by atoms with Crippen LogP contribution in [0.4, 0.5) is 4.39 Å². The molecule has 0 saturated heterocycles. The van der Waals surface area contributed by atoms with Gasteiger partial charge in [-0.1, -0.05) is 59.6 Å². The highest BCUT2D eigenvalue weighted by molar-refractivity contribution is 7.89. The third-order valence-corrected chi connectivity index (χ3v) is 6.63. The van der Waals surface area contributed by atoms with Crippen molar-refractivity contribution in [3.8, 4) is 11.1 Å². The number of nitrogens with two attached hydrogens (primary N) is 1. The largest absolute Gasteiger partial charge is 0.280 e. The number of nitrogens with zero attached hydrogens (tertiary/aromatic N) is 1. The minimum Gasteiger partial charge on any atom is -0.280 e. The van der Waals surface area contributed by atoms with Crippen molar-refractivity contribution < 1.29 is 12.8 Å². The van der Waals surface area contributed by atoms with E-state index in [4.69, 9.17) is 28.3 Å². The zero-order valence-electron chi connectivity index (χ0n) is 15.2. The molecule has 154 valence electrons. The van der Waals surface area contributed by atoms with Gasteiger partial charge in [-0.3, -0.25) is 14.6 Å². The number of rotatable bonds is 4. The van der Waals surface area contributed by atoms with Crippen LogP contribution in [0.1, 0.15) is 5.56 Å². The van der Waals surface area contributed by atoms with Gasteiger partial charge < -0.3 is 0 Å². The van der Waals surface area contributed by atoms with Crippen LogP contribution >= 0.6 is 23.2 Å². The van der Waals surface area contributed by atoms with E-state index in [2.05, 4.69) is 5.10 Å². The Balaban J connectivity index is 1.87. The lowest BCUT2D eigenvalue weighted by atomic mass is 10.0. The van der Waals surface area contributed by atoms with Crippen molar-refractivity contribution in [3.05, 3.63) is 86.4 Å². The Morgan fingerprint density at radius 2 is 1.70 bits per heavy atom. The average Bonchev–Trinajstić information content (AvgIpc) is 2.98. The molecule has 1 heterocycles. The first-order chi connectivity index (χ1) is 14.2. The molecular formula is C20H14Cl2FN3O3S. The van der Waals surface area contributed by atoms with Crippen molar-refractivity contribution in [1.82, 2.24) is 9.78 Å². The number of sulfonamides is 1. The monoisotopic (exact) mass is 465 g/mol. The van der Waals surface area contributed by atoms with Crippen LogP contribution in [0.15, 0.2) is 64.3 Å². The topological polar surface area (TPSA) is 98.0 Å². The number of halogens is 3. The molecule has 0 amide bonds. The fourth-order valence-corrected chi connectivity index (χ4v) is 4.69. The highest BCUT2D eigenvalue weighted by Crippen LogP contribution is 2.39. The smallest absolute Gasteiger partial charge is 0.272 e. The molecule has 0 spiro atoms. The van der Waals surface area contributed by atoms with Crippen molar-refractivity contribution in [1.29, 1.82) is 0 Å². The standard InChI is InChI=1S/C20H14Cl2FN3O3S/c21-18-12(6-7-17(19(18)22)30(24,28)29)13-8-14-16(9-15(13)23)26(25-20(14)27)10-11-4-2-1-3-5-11/h1-9H,10H2,(H,25,27)(H2,24,28,29). The number of aromatic amines is 1. The molecule has 0 saturated carbocycles. The molecule has 0 bridgehead atoms. The van der Waals surface area contributed by atoms with Gasteiger partial charge in [-0.15, -0.1) is 0 Å². The lowest BCUT2D eigenvalue weighted by Gasteiger charge is -2.11. The number of primary sulfonamides is 1. The number of nitrogens with one attached hydrogen (secondary N) is 1. The maximum Gasteiger partial charge on any atom is 0.272 e. The molecule has 4 aromatic rings. The van der Waals surface area contributed by atoms with Crippen molar-refractivity contribution >= 4 is 44.1 Å². The summed E-state index contributed by atoms with van der Waals surface area (Å²) in [6.07, 6.45) is 0. The number of hydrogen-bond donors (Lipinski definition) is 2. The van der Waals surface area contributed by atoms with E-state index in [0.717, 1.165) is 11.6 Å². The Kier molecular flexibility index (Phi) is 5.19. The van der Waals surface area contributed by atoms with E-state index in [1.54, 1.807) is 4.68 Å². The number of fused-ring (bicyclic) bond motifs is 1. The van der Waals surface area contributed by atoms with Crippen molar-refractivity contribution in [2.45, 2.75) is 11.4 Å². The Labute approximate surface area is 180 Å². The van der Waals surface area contributed by atoms with Crippen LogP contribution in [-0.4, -0.2) is 18.2 Å². The first kappa shape index (κ1) is 20.6. The van der Waals surface area contributed by atoms with Crippen LogP contribution in [0.5, 0.6) is 0 Å². The molecule has 0 aliphatic carbocycles. The average molecular weight is 466 g/mol. The molecule has 0 radical (unpaired) electrons. The first-order valence-electron chi connectivity index (χ1n) is 8.64. The van der Waals surface area contributed by atoms with E-state index in [1.165, 1.54) is 18.2 Å². The fraction of sp³-hybridized carbons (Fsp3) is 0.0500. The maximum absolute atomic E-state index is 15.0. The van der Waals surface area contributed by atoms with Gasteiger partial charge in [-0.25, -0.2) is 17.9 Å². The highest BCUT2D eigenvalue weighted by atomic mass is 35.5. The van der Waals surface area contributed by atoms with Gasteiger partial charge >= 0.3 is 0 Å². The number of aromatic nitrogens is 2. The quantitative estimate of drug-likeness (QED) is 0.473. The van der Waals surface area contributed by atoms with Crippen LogP contribution < -0.4 is 10.7 Å². The van der Waals surface area contributed by atoms with Crippen molar-refractivity contribution in [3.63, 3.8) is 0 Å². The normalized spacial score (nSPS) is 11.9. The molecule has 0 aliphatic rings. The Hall–Kier alpha value is -2.65. The summed E-state index contributed by atoms with van der Waals surface area (Å²) in [5.74, 6) is -0.648. The molecular weight excluding hydrogens is 452 g/mol. The Morgan fingerprint density at radius 3 is 2.37 bits per heavy atom. The van der Waals surface area contributed by atoms with E-state index < -0.39 is 21.4 Å². The molecule has 0 atom stereocenters. The molecule has 6 nitrogen and oxygen atoms in total. The lowest BCUT2D eigenvalue weighted by Crippen LogP contribution is -2.13. The Bertz CT molecular complexity index is 1450. The summed E-state index contributed by atoms with van der Waals surface area (Å²) in [6, 6.07) is 14.4. The van der Waals surface area contributed by atoms with Gasteiger partial charge in [0.25, 0.3) is 5.56 Å². The molecule has 3 N–H and O–H groups in total. The molecule has 4 rings (SSSR count). The SMILES string of the molecule is NS(=O)(=O)c1ccc(-c2cc3c(=O)[nH]n(Cc4ccccc4)c3cc2F)c(Cl)c1Cl. The summed E-state index contributed by atoms with van der Waals surface area (Å²) >= 11 is 12.2. The van der Waals surface area contributed by atoms with Crippen LogP contribution in [0.3, 0.4) is 0 Å². The number of hydrogen-bond acceptors (Lipinski definition) is 3. The number of benzene rings is 3. The molecule has 1 aromatic heterocycles. The van der Waals surface area contributed by atoms with Gasteiger partial charge in [-0.2, -0.15) is 0 Å². The first-order valence-corrected chi connectivity index (χ1v) is 10.9. The molecule has 3 aromatic carbocycles. The minimum atomic E-state index is -4.10. The minimum absolute atomic E-state index is 0.0123. The molecule has 0 fully saturated rings. The van der Waals surface area contributed by atoms with E-state index in [1.807, 2.05) is 30.3 Å². The van der Waals surface area contributed by atoms with E-state index >= 15 is 4.39 Å². The predicted octanol–water partition coefficient (Wildman–Crippen LogP) is 4.14. The van der Waals surface area contributed by atoms with Gasteiger partial charge in [-0.05, 0) is 17.7 Å². The van der Waals surface area contributed by atoms with Crippen LogP contribution in [0.25, 0.3) is 22.0 Å². The van der Waals surface area contributed by atoms with Gasteiger partial charge in [0.15, 0.2) is 0 Å². The van der Waals surface area contributed by atoms with E-state index in [9.17, 15) is 13.2 Å². The zero-order valence-corrected chi connectivity index (χ0v) is 17.5. The van der Waals surface area contributed by atoms with E-state index in [-0.39, 0.29) is 31.5 Å².